The van der Waals surface area contributed by atoms with Gasteiger partial charge in [-0.2, -0.15) is 5.10 Å². The predicted molar refractivity (Wildman–Crippen MR) is 125 cm³/mol. The number of carbonyl (C=O) groups excluding carboxylic acids is 3. The van der Waals surface area contributed by atoms with Crippen molar-refractivity contribution in [1.82, 2.24) is 10.7 Å². The number of ether oxygens (including phenoxy) is 2. The average molecular weight is 485 g/mol. The van der Waals surface area contributed by atoms with Gasteiger partial charge in [-0.3, -0.25) is 14.4 Å². The molecular formula is C23H21ClN4O6. The lowest BCUT2D eigenvalue weighted by molar-refractivity contribution is -0.136. The van der Waals surface area contributed by atoms with Gasteiger partial charge in [0.25, 0.3) is 5.91 Å². The summed E-state index contributed by atoms with van der Waals surface area (Å²) in [7, 11) is 1.43. The van der Waals surface area contributed by atoms with Crippen LogP contribution in [-0.2, 0) is 20.9 Å². The largest absolute Gasteiger partial charge is 0.495 e. The highest BCUT2D eigenvalue weighted by atomic mass is 35.5. The number of carbonyl (C=O) groups is 3. The normalized spacial score (nSPS) is 10.5. The van der Waals surface area contributed by atoms with E-state index in [1.165, 1.54) is 25.7 Å². The number of hydrazone groups is 1. The van der Waals surface area contributed by atoms with Crippen LogP contribution in [0, 0.1) is 0 Å². The van der Waals surface area contributed by atoms with Crippen molar-refractivity contribution in [2.75, 3.05) is 19.0 Å². The van der Waals surface area contributed by atoms with E-state index in [4.69, 9.17) is 25.5 Å². The number of hydrogen-bond acceptors (Lipinski definition) is 7. The molecule has 0 unspecified atom stereocenters. The summed E-state index contributed by atoms with van der Waals surface area (Å²) in [5.74, 6) is -0.731. The van der Waals surface area contributed by atoms with Crippen molar-refractivity contribution < 1.29 is 28.3 Å². The molecule has 0 saturated heterocycles. The highest BCUT2D eigenvalue weighted by Gasteiger charge is 2.15. The van der Waals surface area contributed by atoms with Gasteiger partial charge in [-0.1, -0.05) is 11.6 Å². The summed E-state index contributed by atoms with van der Waals surface area (Å²) in [4.78, 5) is 35.9. The monoisotopic (exact) mass is 484 g/mol. The standard InChI is InChI=1S/C23H21ClN4O6/c1-32-20-9-6-16(24)11-19(20)27-22(30)23(31)28-26-12-15-4-7-17(8-5-15)34-14-21(29)25-13-18-3-2-10-33-18/h2-12H,13-14H2,1H3,(H,25,29)(H,27,30)(H,28,31)/b26-12-. The Morgan fingerprint density at radius 1 is 1.09 bits per heavy atom. The molecule has 1 aromatic heterocycles. The van der Waals surface area contributed by atoms with Gasteiger partial charge < -0.3 is 24.5 Å². The van der Waals surface area contributed by atoms with Crippen molar-refractivity contribution in [3.63, 3.8) is 0 Å². The number of halogens is 1. The summed E-state index contributed by atoms with van der Waals surface area (Å²) in [6, 6.07) is 14.7. The molecule has 0 aliphatic rings. The first-order valence-electron chi connectivity index (χ1n) is 9.94. The lowest BCUT2D eigenvalue weighted by Gasteiger charge is -2.09. The number of rotatable bonds is 9. The van der Waals surface area contributed by atoms with Crippen LogP contribution >= 0.6 is 11.6 Å². The summed E-state index contributed by atoms with van der Waals surface area (Å²) in [5.41, 5.74) is 3.02. The van der Waals surface area contributed by atoms with Gasteiger partial charge in [0.1, 0.15) is 17.3 Å². The Balaban J connectivity index is 1.43. The van der Waals surface area contributed by atoms with E-state index in [2.05, 4.69) is 21.2 Å². The molecule has 3 aromatic rings. The number of nitrogens with one attached hydrogen (secondary N) is 3. The molecule has 11 heteroatoms. The van der Waals surface area contributed by atoms with E-state index in [9.17, 15) is 14.4 Å². The molecule has 1 heterocycles. The number of benzene rings is 2. The van der Waals surface area contributed by atoms with Crippen molar-refractivity contribution in [1.29, 1.82) is 0 Å². The van der Waals surface area contributed by atoms with Gasteiger partial charge in [0.15, 0.2) is 6.61 Å². The first kappa shape index (κ1) is 24.3. The van der Waals surface area contributed by atoms with Crippen LogP contribution in [0.1, 0.15) is 11.3 Å². The van der Waals surface area contributed by atoms with E-state index < -0.39 is 11.8 Å². The molecule has 0 aliphatic carbocycles. The summed E-state index contributed by atoms with van der Waals surface area (Å²) in [6.45, 7) is 0.123. The smallest absolute Gasteiger partial charge is 0.329 e. The summed E-state index contributed by atoms with van der Waals surface area (Å²) >= 11 is 5.90. The Labute approximate surface area is 199 Å². The first-order chi connectivity index (χ1) is 16.4. The maximum atomic E-state index is 12.1. The molecule has 176 valence electrons. The van der Waals surface area contributed by atoms with E-state index in [-0.39, 0.29) is 24.7 Å². The molecule has 3 rings (SSSR count). The molecule has 0 aliphatic heterocycles. The van der Waals surface area contributed by atoms with Crippen molar-refractivity contribution in [2.45, 2.75) is 6.54 Å². The number of furan rings is 1. The second-order valence-electron chi connectivity index (χ2n) is 6.71. The minimum absolute atomic E-state index is 0.156. The fraction of sp³-hybridized carbons (Fsp3) is 0.130. The first-order valence-corrected chi connectivity index (χ1v) is 10.3. The fourth-order valence-corrected chi connectivity index (χ4v) is 2.79. The zero-order valence-electron chi connectivity index (χ0n) is 18.0. The number of methoxy groups -OCH3 is 1. The molecular weight excluding hydrogens is 464 g/mol. The Morgan fingerprint density at radius 2 is 1.88 bits per heavy atom. The van der Waals surface area contributed by atoms with Gasteiger partial charge in [-0.05, 0) is 60.2 Å². The topological polar surface area (TPSA) is 131 Å². The Hall–Kier alpha value is -4.31. The van der Waals surface area contributed by atoms with E-state index in [0.29, 0.717) is 27.8 Å². The quantitative estimate of drug-likeness (QED) is 0.243. The van der Waals surface area contributed by atoms with Gasteiger partial charge in [-0.25, -0.2) is 5.43 Å². The van der Waals surface area contributed by atoms with E-state index in [1.807, 2.05) is 0 Å². The maximum Gasteiger partial charge on any atom is 0.329 e. The van der Waals surface area contributed by atoms with Crippen molar-refractivity contribution in [3.05, 3.63) is 77.2 Å². The van der Waals surface area contributed by atoms with Gasteiger partial charge in [0.05, 0.1) is 31.8 Å². The number of amides is 3. The molecule has 3 amide bonds. The molecule has 0 spiro atoms. The minimum atomic E-state index is -0.973. The van der Waals surface area contributed by atoms with Crippen LogP contribution in [0.15, 0.2) is 70.4 Å². The second-order valence-corrected chi connectivity index (χ2v) is 7.15. The van der Waals surface area contributed by atoms with Crippen LogP contribution in [0.2, 0.25) is 5.02 Å². The van der Waals surface area contributed by atoms with Crippen LogP contribution < -0.4 is 25.5 Å². The van der Waals surface area contributed by atoms with E-state index >= 15 is 0 Å². The fourth-order valence-electron chi connectivity index (χ4n) is 2.62. The zero-order chi connectivity index (χ0) is 24.3. The van der Waals surface area contributed by atoms with Gasteiger partial charge >= 0.3 is 11.8 Å². The molecule has 3 N–H and O–H groups in total. The van der Waals surface area contributed by atoms with Gasteiger partial charge in [0, 0.05) is 5.02 Å². The molecule has 34 heavy (non-hydrogen) atoms. The van der Waals surface area contributed by atoms with Crippen molar-refractivity contribution in [2.24, 2.45) is 5.10 Å². The van der Waals surface area contributed by atoms with Gasteiger partial charge in [0.2, 0.25) is 0 Å². The van der Waals surface area contributed by atoms with Crippen molar-refractivity contribution in [3.8, 4) is 11.5 Å². The van der Waals surface area contributed by atoms with Gasteiger partial charge in [-0.15, -0.1) is 0 Å². The third kappa shape index (κ3) is 7.38. The molecule has 0 saturated carbocycles. The van der Waals surface area contributed by atoms with Crippen LogP contribution in [0.5, 0.6) is 11.5 Å². The second kappa shape index (κ2) is 12.1. The highest BCUT2D eigenvalue weighted by Crippen LogP contribution is 2.27. The average Bonchev–Trinajstić information content (AvgIpc) is 3.36. The number of hydrogen-bond donors (Lipinski definition) is 3. The third-order valence-corrected chi connectivity index (χ3v) is 4.52. The van der Waals surface area contributed by atoms with Crippen LogP contribution in [0.3, 0.4) is 0 Å². The molecule has 2 aromatic carbocycles. The minimum Gasteiger partial charge on any atom is -0.495 e. The summed E-state index contributed by atoms with van der Waals surface area (Å²) in [6.07, 6.45) is 2.88. The number of nitrogens with zero attached hydrogens (tertiary/aromatic N) is 1. The Morgan fingerprint density at radius 3 is 2.59 bits per heavy atom. The van der Waals surface area contributed by atoms with E-state index in [1.54, 1.807) is 48.5 Å². The predicted octanol–water partition coefficient (Wildman–Crippen LogP) is 2.73. The maximum absolute atomic E-state index is 12.1. The van der Waals surface area contributed by atoms with Crippen LogP contribution in [-0.4, -0.2) is 37.7 Å². The summed E-state index contributed by atoms with van der Waals surface area (Å²) in [5, 5.41) is 9.21. The van der Waals surface area contributed by atoms with Crippen LogP contribution in [0.4, 0.5) is 5.69 Å². The van der Waals surface area contributed by atoms with E-state index in [0.717, 1.165) is 0 Å². The lowest BCUT2D eigenvalue weighted by atomic mass is 10.2. The Kier molecular flexibility index (Phi) is 8.64. The molecule has 0 radical (unpaired) electrons. The molecule has 0 bridgehead atoms. The highest BCUT2D eigenvalue weighted by molar-refractivity contribution is 6.40. The van der Waals surface area contributed by atoms with Crippen LogP contribution in [0.25, 0.3) is 0 Å². The Bertz CT molecular complexity index is 1160. The molecule has 10 nitrogen and oxygen atoms in total. The molecule has 0 atom stereocenters. The number of anilines is 1. The molecule has 0 fully saturated rings. The van der Waals surface area contributed by atoms with Crippen molar-refractivity contribution >= 4 is 41.2 Å². The third-order valence-electron chi connectivity index (χ3n) is 4.29. The summed E-state index contributed by atoms with van der Waals surface area (Å²) < 4.78 is 15.7. The SMILES string of the molecule is COc1ccc(Cl)cc1NC(=O)C(=O)N/N=C\c1ccc(OCC(=O)NCc2ccco2)cc1. The zero-order valence-corrected chi connectivity index (χ0v) is 18.8. The lowest BCUT2D eigenvalue weighted by Crippen LogP contribution is -2.32.